The van der Waals surface area contributed by atoms with Crippen molar-refractivity contribution >= 4 is 21.6 Å². The molecule has 0 aromatic heterocycles. The summed E-state index contributed by atoms with van der Waals surface area (Å²) in [6.45, 7) is 0.351. The van der Waals surface area contributed by atoms with Crippen LogP contribution in [0, 0.1) is 0 Å². The fraction of sp³-hybridized carbons (Fsp3) is 0.235. The zero-order chi connectivity index (χ0) is 17.6. The third kappa shape index (κ3) is 5.58. The van der Waals surface area contributed by atoms with Crippen molar-refractivity contribution in [1.29, 1.82) is 0 Å². The average molecular weight is 348 g/mol. The van der Waals surface area contributed by atoms with Crippen LogP contribution in [-0.2, 0) is 22.1 Å². The maximum atomic E-state index is 12.0. The molecule has 0 saturated carbocycles. The van der Waals surface area contributed by atoms with E-state index in [4.69, 9.17) is 4.74 Å². The highest BCUT2D eigenvalue weighted by Gasteiger charge is 2.11. The first-order valence-corrected chi connectivity index (χ1v) is 9.37. The highest BCUT2D eigenvalue weighted by molar-refractivity contribution is 7.89. The first-order chi connectivity index (χ1) is 11.4. The summed E-state index contributed by atoms with van der Waals surface area (Å²) < 4.78 is 28.0. The van der Waals surface area contributed by atoms with Crippen molar-refractivity contribution in [2.24, 2.45) is 0 Å². The maximum Gasteiger partial charge on any atom is 0.319 e. The van der Waals surface area contributed by atoms with Gasteiger partial charge in [-0.3, -0.25) is 0 Å². The Hall–Kier alpha value is -2.54. The average Bonchev–Trinajstić information content (AvgIpc) is 2.54. The SMILES string of the molecule is COc1ccc(CNC(=O)Nc2ccccc2CS(C)(=O)=O)cc1. The Morgan fingerprint density at radius 3 is 2.38 bits per heavy atom. The van der Waals surface area contributed by atoms with E-state index in [2.05, 4.69) is 10.6 Å². The standard InChI is InChI=1S/C17H20N2O4S/c1-23-15-9-7-13(8-10-15)11-18-17(20)19-16-6-4-3-5-14(16)12-24(2,21)22/h3-10H,11-12H2,1-2H3,(H2,18,19,20). The number of benzene rings is 2. The third-order valence-electron chi connectivity index (χ3n) is 3.30. The van der Waals surface area contributed by atoms with Crippen LogP contribution < -0.4 is 15.4 Å². The number of sulfone groups is 1. The van der Waals surface area contributed by atoms with E-state index in [1.807, 2.05) is 24.3 Å². The number of methoxy groups -OCH3 is 1. The highest BCUT2D eigenvalue weighted by Crippen LogP contribution is 2.17. The molecule has 128 valence electrons. The number of hydrogen-bond acceptors (Lipinski definition) is 4. The minimum Gasteiger partial charge on any atom is -0.497 e. The molecule has 2 N–H and O–H groups in total. The van der Waals surface area contributed by atoms with Crippen molar-refractivity contribution in [3.8, 4) is 5.75 Å². The minimum atomic E-state index is -3.18. The summed E-state index contributed by atoms with van der Waals surface area (Å²) in [6, 6.07) is 13.8. The van der Waals surface area contributed by atoms with E-state index in [0.29, 0.717) is 17.8 Å². The molecule has 0 aliphatic carbocycles. The molecule has 6 nitrogen and oxygen atoms in total. The van der Waals surface area contributed by atoms with Gasteiger partial charge in [0.25, 0.3) is 0 Å². The largest absolute Gasteiger partial charge is 0.497 e. The molecule has 0 saturated heterocycles. The van der Waals surface area contributed by atoms with Crippen LogP contribution in [0.1, 0.15) is 11.1 Å². The van der Waals surface area contributed by atoms with Crippen molar-refractivity contribution in [3.63, 3.8) is 0 Å². The van der Waals surface area contributed by atoms with Crippen LogP contribution in [0.4, 0.5) is 10.5 Å². The summed E-state index contributed by atoms with van der Waals surface area (Å²) in [5.41, 5.74) is 1.96. The van der Waals surface area contributed by atoms with E-state index < -0.39 is 15.9 Å². The first kappa shape index (κ1) is 17.8. The van der Waals surface area contributed by atoms with Gasteiger partial charge in [-0.1, -0.05) is 30.3 Å². The summed E-state index contributed by atoms with van der Waals surface area (Å²) in [4.78, 5) is 12.0. The fourth-order valence-electron chi connectivity index (χ4n) is 2.14. The van der Waals surface area contributed by atoms with Gasteiger partial charge in [0, 0.05) is 18.5 Å². The van der Waals surface area contributed by atoms with Crippen molar-refractivity contribution in [2.75, 3.05) is 18.7 Å². The van der Waals surface area contributed by atoms with Crippen LogP contribution in [0.5, 0.6) is 5.75 Å². The van der Waals surface area contributed by atoms with E-state index >= 15 is 0 Å². The van der Waals surface area contributed by atoms with Crippen molar-refractivity contribution in [3.05, 3.63) is 59.7 Å². The Labute approximate surface area is 141 Å². The topological polar surface area (TPSA) is 84.5 Å². The van der Waals surface area contributed by atoms with Crippen molar-refractivity contribution in [1.82, 2.24) is 5.32 Å². The smallest absolute Gasteiger partial charge is 0.319 e. The number of ether oxygens (including phenoxy) is 1. The molecule has 0 bridgehead atoms. The zero-order valence-corrected chi connectivity index (χ0v) is 14.4. The van der Waals surface area contributed by atoms with Gasteiger partial charge in [0.1, 0.15) is 5.75 Å². The number of rotatable bonds is 6. The fourth-order valence-corrected chi connectivity index (χ4v) is 2.96. The molecular weight excluding hydrogens is 328 g/mol. The molecule has 24 heavy (non-hydrogen) atoms. The lowest BCUT2D eigenvalue weighted by molar-refractivity contribution is 0.251. The van der Waals surface area contributed by atoms with Crippen LogP contribution in [0.2, 0.25) is 0 Å². The second-order valence-corrected chi connectivity index (χ2v) is 7.52. The van der Waals surface area contributed by atoms with E-state index in [9.17, 15) is 13.2 Å². The predicted octanol–water partition coefficient (Wildman–Crippen LogP) is 2.56. The molecule has 0 aliphatic rings. The molecule has 7 heteroatoms. The predicted molar refractivity (Wildman–Crippen MR) is 93.8 cm³/mol. The lowest BCUT2D eigenvalue weighted by atomic mass is 10.2. The monoisotopic (exact) mass is 348 g/mol. The number of nitrogens with one attached hydrogen (secondary N) is 2. The number of carbonyl (C=O) groups excluding carboxylic acids is 1. The van der Waals surface area contributed by atoms with Gasteiger partial charge in [-0.15, -0.1) is 0 Å². The minimum absolute atomic E-state index is 0.123. The second kappa shape index (κ2) is 7.83. The second-order valence-electron chi connectivity index (χ2n) is 5.38. The molecule has 0 atom stereocenters. The van der Waals surface area contributed by atoms with Crippen LogP contribution in [-0.4, -0.2) is 27.8 Å². The first-order valence-electron chi connectivity index (χ1n) is 7.31. The molecule has 0 aliphatic heterocycles. The van der Waals surface area contributed by atoms with Gasteiger partial charge in [0.2, 0.25) is 0 Å². The molecule has 0 spiro atoms. The van der Waals surface area contributed by atoms with Crippen LogP contribution in [0.25, 0.3) is 0 Å². The van der Waals surface area contributed by atoms with Gasteiger partial charge in [0.15, 0.2) is 9.84 Å². The molecule has 2 amide bonds. The molecule has 0 fully saturated rings. The zero-order valence-electron chi connectivity index (χ0n) is 13.6. The number of carbonyl (C=O) groups is 1. The van der Waals surface area contributed by atoms with Crippen LogP contribution in [0.15, 0.2) is 48.5 Å². The Kier molecular flexibility index (Phi) is 5.81. The molecule has 0 radical (unpaired) electrons. The summed E-state index contributed by atoms with van der Waals surface area (Å²) >= 11 is 0. The van der Waals surface area contributed by atoms with E-state index in [1.165, 1.54) is 0 Å². The van der Waals surface area contributed by atoms with Gasteiger partial charge in [-0.05, 0) is 29.3 Å². The van der Waals surface area contributed by atoms with Crippen molar-refractivity contribution in [2.45, 2.75) is 12.3 Å². The Morgan fingerprint density at radius 1 is 1.08 bits per heavy atom. The summed E-state index contributed by atoms with van der Waals surface area (Å²) in [6.07, 6.45) is 1.16. The number of anilines is 1. The molecule has 2 aromatic rings. The lowest BCUT2D eigenvalue weighted by Gasteiger charge is -2.11. The molecule has 0 heterocycles. The van der Waals surface area contributed by atoms with Gasteiger partial charge < -0.3 is 15.4 Å². The molecule has 2 aromatic carbocycles. The number of hydrogen-bond donors (Lipinski definition) is 2. The highest BCUT2D eigenvalue weighted by atomic mass is 32.2. The lowest BCUT2D eigenvalue weighted by Crippen LogP contribution is -2.28. The van der Waals surface area contributed by atoms with Gasteiger partial charge in [-0.2, -0.15) is 0 Å². The number of urea groups is 1. The van der Waals surface area contributed by atoms with Crippen molar-refractivity contribution < 1.29 is 17.9 Å². The quantitative estimate of drug-likeness (QED) is 0.840. The van der Waals surface area contributed by atoms with E-state index in [-0.39, 0.29) is 5.75 Å². The maximum absolute atomic E-state index is 12.0. The third-order valence-corrected chi connectivity index (χ3v) is 4.13. The molecular formula is C17H20N2O4S. The Morgan fingerprint density at radius 2 is 1.75 bits per heavy atom. The van der Waals surface area contributed by atoms with Crippen LogP contribution in [0.3, 0.4) is 0 Å². The van der Waals surface area contributed by atoms with E-state index in [0.717, 1.165) is 17.6 Å². The number of amides is 2. The Balaban J connectivity index is 1.97. The van der Waals surface area contributed by atoms with Gasteiger partial charge in [-0.25, -0.2) is 13.2 Å². The van der Waals surface area contributed by atoms with Crippen LogP contribution >= 0.6 is 0 Å². The summed E-state index contributed by atoms with van der Waals surface area (Å²) in [7, 11) is -1.59. The summed E-state index contributed by atoms with van der Waals surface area (Å²) in [5.74, 6) is 0.625. The Bertz CT molecular complexity index is 802. The molecule has 2 rings (SSSR count). The number of para-hydroxylation sites is 1. The summed E-state index contributed by atoms with van der Waals surface area (Å²) in [5, 5.41) is 5.42. The van der Waals surface area contributed by atoms with Gasteiger partial charge in [0.05, 0.1) is 12.9 Å². The normalized spacial score (nSPS) is 10.9. The molecule has 0 unspecified atom stereocenters. The van der Waals surface area contributed by atoms with E-state index in [1.54, 1.807) is 31.4 Å². The van der Waals surface area contributed by atoms with Gasteiger partial charge >= 0.3 is 6.03 Å².